The Kier molecular flexibility index (Phi) is 4.10. The summed E-state index contributed by atoms with van der Waals surface area (Å²) in [6.07, 6.45) is 4.26. The van der Waals surface area contributed by atoms with Crippen molar-refractivity contribution in [3.63, 3.8) is 0 Å². The molecule has 0 fully saturated rings. The number of amides is 1. The molecule has 25 heavy (non-hydrogen) atoms. The van der Waals surface area contributed by atoms with E-state index in [1.54, 1.807) is 32.4 Å². The zero-order valence-electron chi connectivity index (χ0n) is 14.2. The minimum Gasteiger partial charge on any atom is -0.398 e. The fraction of sp³-hybridized carbons (Fsp3) is 0.176. The fourth-order valence-electron chi connectivity index (χ4n) is 2.60. The summed E-state index contributed by atoms with van der Waals surface area (Å²) in [6, 6.07) is 3.58. The van der Waals surface area contributed by atoms with Gasteiger partial charge in [0, 0.05) is 43.4 Å². The number of nitrogens with zero attached hydrogens (tertiary/aromatic N) is 3. The molecule has 0 aliphatic heterocycles. The lowest BCUT2D eigenvalue weighted by Gasteiger charge is -2.14. The van der Waals surface area contributed by atoms with Crippen molar-refractivity contribution in [2.45, 2.75) is 6.92 Å². The van der Waals surface area contributed by atoms with Crippen LogP contribution in [0.1, 0.15) is 21.5 Å². The van der Waals surface area contributed by atoms with Gasteiger partial charge in [-0.1, -0.05) is 0 Å². The smallest absolute Gasteiger partial charge is 0.255 e. The number of fused-ring (bicyclic) bond motifs is 1. The van der Waals surface area contributed by atoms with E-state index in [9.17, 15) is 4.79 Å². The predicted molar refractivity (Wildman–Crippen MR) is 98.7 cm³/mol. The number of carbonyl (C=O) groups excluding carboxylic acids is 1. The van der Waals surface area contributed by atoms with Crippen LogP contribution in [-0.4, -0.2) is 46.1 Å². The molecule has 3 rings (SSSR count). The Morgan fingerprint density at radius 1 is 1.36 bits per heavy atom. The second kappa shape index (κ2) is 6.23. The van der Waals surface area contributed by atoms with Crippen LogP contribution < -0.4 is 11.1 Å². The molecule has 0 saturated carbocycles. The summed E-state index contributed by atoms with van der Waals surface area (Å²) in [5.41, 5.74) is 9.78. The van der Waals surface area contributed by atoms with Crippen LogP contribution >= 0.6 is 0 Å². The molecule has 0 aliphatic carbocycles. The number of aryl methyl sites for hydroxylation is 1. The molecule has 3 aromatic rings. The molecule has 0 atom stereocenters. The molecule has 5 N–H and O–H groups in total. The highest BCUT2D eigenvalue weighted by Gasteiger charge is 2.19. The first-order valence-corrected chi connectivity index (χ1v) is 7.63. The van der Waals surface area contributed by atoms with Gasteiger partial charge in [0.25, 0.3) is 5.91 Å². The number of anilines is 3. The first-order chi connectivity index (χ1) is 11.9. The molecule has 2 heterocycles. The molecule has 0 radical (unpaired) electrons. The topological polar surface area (TPSA) is 124 Å². The maximum atomic E-state index is 12.4. The minimum absolute atomic E-state index is 0.140. The number of hydrogen-bond donors (Lipinski definition) is 4. The lowest BCUT2D eigenvalue weighted by Crippen LogP contribution is -2.21. The Hall–Kier alpha value is -3.42. The largest absolute Gasteiger partial charge is 0.398 e. The first-order valence-electron chi connectivity index (χ1n) is 7.63. The van der Waals surface area contributed by atoms with Gasteiger partial charge in [-0.3, -0.25) is 4.79 Å². The zero-order valence-corrected chi connectivity index (χ0v) is 14.2. The molecule has 1 amide bonds. The van der Waals surface area contributed by atoms with Gasteiger partial charge in [-0.2, -0.15) is 0 Å². The summed E-state index contributed by atoms with van der Waals surface area (Å²) >= 11 is 0. The van der Waals surface area contributed by atoms with Gasteiger partial charge in [-0.25, -0.2) is 9.97 Å². The molecule has 128 valence electrons. The molecular formula is C17H19N7O. The van der Waals surface area contributed by atoms with E-state index < -0.39 is 0 Å². The maximum absolute atomic E-state index is 12.4. The number of aromatic amines is 1. The van der Waals surface area contributed by atoms with Gasteiger partial charge >= 0.3 is 0 Å². The number of hydrogen-bond acceptors (Lipinski definition) is 6. The molecule has 8 nitrogen and oxygen atoms in total. The van der Waals surface area contributed by atoms with E-state index in [2.05, 4.69) is 20.3 Å². The van der Waals surface area contributed by atoms with Crippen LogP contribution in [0.15, 0.2) is 24.7 Å². The summed E-state index contributed by atoms with van der Waals surface area (Å²) in [7, 11) is 3.39. The van der Waals surface area contributed by atoms with Gasteiger partial charge in [-0.05, 0) is 24.6 Å². The summed E-state index contributed by atoms with van der Waals surface area (Å²) in [5.74, 6) is 0.374. The molecule has 1 aromatic carbocycles. The lowest BCUT2D eigenvalue weighted by atomic mass is 10.1. The van der Waals surface area contributed by atoms with Crippen molar-refractivity contribution in [3.8, 4) is 0 Å². The maximum Gasteiger partial charge on any atom is 0.255 e. The SMILES string of the molecule is Cc1cc(N)c(C=N)cc1Nc1ncnc2[nH]cc(C(=O)N(C)C)c12. The average Bonchev–Trinajstić information content (AvgIpc) is 3.01. The predicted octanol–water partition coefficient (Wildman–Crippen LogP) is 2.29. The Morgan fingerprint density at radius 2 is 2.12 bits per heavy atom. The van der Waals surface area contributed by atoms with Crippen molar-refractivity contribution in [1.29, 1.82) is 5.41 Å². The number of aromatic nitrogens is 3. The van der Waals surface area contributed by atoms with Crippen LogP contribution in [0.4, 0.5) is 17.2 Å². The van der Waals surface area contributed by atoms with Crippen molar-refractivity contribution in [2.24, 2.45) is 0 Å². The highest BCUT2D eigenvalue weighted by molar-refractivity contribution is 6.09. The second-order valence-corrected chi connectivity index (χ2v) is 5.91. The number of nitrogen functional groups attached to an aromatic ring is 1. The van der Waals surface area contributed by atoms with Crippen LogP contribution in [0.2, 0.25) is 0 Å². The van der Waals surface area contributed by atoms with Crippen molar-refractivity contribution < 1.29 is 4.79 Å². The second-order valence-electron chi connectivity index (χ2n) is 5.91. The third-order valence-corrected chi connectivity index (χ3v) is 3.95. The van der Waals surface area contributed by atoms with E-state index in [1.807, 2.05) is 6.92 Å². The van der Waals surface area contributed by atoms with Crippen LogP contribution in [0.3, 0.4) is 0 Å². The molecule has 2 aromatic heterocycles. The fourth-order valence-corrected chi connectivity index (χ4v) is 2.60. The molecule has 0 bridgehead atoms. The van der Waals surface area contributed by atoms with Gasteiger partial charge in [0.2, 0.25) is 0 Å². The Morgan fingerprint density at radius 3 is 2.80 bits per heavy atom. The average molecular weight is 337 g/mol. The van der Waals surface area contributed by atoms with Gasteiger partial charge in [0.05, 0.1) is 10.9 Å². The molecule has 0 saturated heterocycles. The third-order valence-electron chi connectivity index (χ3n) is 3.95. The summed E-state index contributed by atoms with van der Waals surface area (Å²) in [5, 5.41) is 11.3. The summed E-state index contributed by atoms with van der Waals surface area (Å²) < 4.78 is 0. The Balaban J connectivity index is 2.13. The standard InChI is InChI=1S/C17H19N7O/c1-9-4-12(19)10(6-18)5-13(9)23-16-14-11(17(25)24(2)3)7-20-15(14)21-8-22-16/h4-8,18H,19H2,1-3H3,(H2,20,21,22,23). The van der Waals surface area contributed by atoms with E-state index in [4.69, 9.17) is 11.1 Å². The number of H-pyrrole nitrogens is 1. The minimum atomic E-state index is -0.140. The summed E-state index contributed by atoms with van der Waals surface area (Å²) in [4.78, 5) is 25.4. The molecule has 8 heteroatoms. The monoisotopic (exact) mass is 337 g/mol. The van der Waals surface area contributed by atoms with E-state index in [-0.39, 0.29) is 5.91 Å². The van der Waals surface area contributed by atoms with Crippen LogP contribution in [0.25, 0.3) is 11.0 Å². The number of rotatable bonds is 4. The number of benzene rings is 1. The number of carbonyl (C=O) groups is 1. The summed E-state index contributed by atoms with van der Waals surface area (Å²) in [6.45, 7) is 1.91. The van der Waals surface area contributed by atoms with E-state index in [0.717, 1.165) is 11.3 Å². The van der Waals surface area contributed by atoms with Crippen molar-refractivity contribution >= 4 is 40.3 Å². The first kappa shape index (κ1) is 16.4. The zero-order chi connectivity index (χ0) is 18.1. The Bertz CT molecular complexity index is 975. The van der Waals surface area contributed by atoms with E-state index in [1.165, 1.54) is 17.4 Å². The van der Waals surface area contributed by atoms with Crippen molar-refractivity contribution in [2.75, 3.05) is 25.1 Å². The van der Waals surface area contributed by atoms with E-state index >= 15 is 0 Å². The molecule has 0 aliphatic rings. The number of nitrogens with one attached hydrogen (secondary N) is 3. The number of nitrogens with two attached hydrogens (primary N) is 1. The quantitative estimate of drug-likeness (QED) is 0.429. The van der Waals surface area contributed by atoms with Gasteiger partial charge in [-0.15, -0.1) is 0 Å². The molecule has 0 spiro atoms. The van der Waals surface area contributed by atoms with Crippen LogP contribution in [0, 0.1) is 12.3 Å². The van der Waals surface area contributed by atoms with E-state index in [0.29, 0.717) is 33.7 Å². The third kappa shape index (κ3) is 2.89. The van der Waals surface area contributed by atoms with Crippen molar-refractivity contribution in [3.05, 3.63) is 41.3 Å². The molecular weight excluding hydrogens is 318 g/mol. The van der Waals surface area contributed by atoms with Gasteiger partial charge < -0.3 is 26.3 Å². The van der Waals surface area contributed by atoms with Crippen LogP contribution in [-0.2, 0) is 0 Å². The highest BCUT2D eigenvalue weighted by atomic mass is 16.2. The normalized spacial score (nSPS) is 10.7. The van der Waals surface area contributed by atoms with Gasteiger partial charge in [0.15, 0.2) is 0 Å². The highest BCUT2D eigenvalue weighted by Crippen LogP contribution is 2.29. The Labute approximate surface area is 144 Å². The lowest BCUT2D eigenvalue weighted by molar-refractivity contribution is 0.0829. The van der Waals surface area contributed by atoms with Crippen LogP contribution in [0.5, 0.6) is 0 Å². The molecule has 0 unspecified atom stereocenters. The van der Waals surface area contributed by atoms with Crippen molar-refractivity contribution in [1.82, 2.24) is 19.9 Å². The van der Waals surface area contributed by atoms with Gasteiger partial charge in [0.1, 0.15) is 17.8 Å².